The molecule has 0 unspecified atom stereocenters. The van der Waals surface area contributed by atoms with Crippen molar-refractivity contribution < 1.29 is 4.74 Å². The molecule has 3 heteroatoms. The Kier molecular flexibility index (Phi) is 2.23. The van der Waals surface area contributed by atoms with Crippen LogP contribution in [0, 0.1) is 0 Å². The highest BCUT2D eigenvalue weighted by atomic mass is 16.5. The predicted molar refractivity (Wildman–Crippen MR) is 57.8 cm³/mol. The van der Waals surface area contributed by atoms with Crippen LogP contribution in [0.4, 0.5) is 5.69 Å². The number of rotatable bonds is 2. The Morgan fingerprint density at radius 2 is 2.07 bits per heavy atom. The third-order valence-corrected chi connectivity index (χ3v) is 2.19. The standard InChI is InChI=1S/C11H12N2O/c1-12-10-4-3-8-7-13-11(14-2)6-9(8)5-10/h3-7,12H,1-2H3. The number of hydrogen-bond donors (Lipinski definition) is 1. The number of benzene rings is 1. The van der Waals surface area contributed by atoms with Gasteiger partial charge in [0.2, 0.25) is 5.88 Å². The Labute approximate surface area is 82.7 Å². The second-order valence-corrected chi connectivity index (χ2v) is 3.04. The first-order chi connectivity index (χ1) is 6.83. The number of ether oxygens (including phenoxy) is 1. The molecule has 0 atom stereocenters. The van der Waals surface area contributed by atoms with Crippen molar-refractivity contribution in [1.82, 2.24) is 4.98 Å². The summed E-state index contributed by atoms with van der Waals surface area (Å²) in [4.78, 5) is 4.14. The molecule has 0 aliphatic carbocycles. The van der Waals surface area contributed by atoms with E-state index in [2.05, 4.69) is 16.4 Å². The van der Waals surface area contributed by atoms with Crippen molar-refractivity contribution in [3.05, 3.63) is 30.5 Å². The zero-order chi connectivity index (χ0) is 9.97. The second-order valence-electron chi connectivity index (χ2n) is 3.04. The third-order valence-electron chi connectivity index (χ3n) is 2.19. The first-order valence-electron chi connectivity index (χ1n) is 4.45. The van der Waals surface area contributed by atoms with Crippen molar-refractivity contribution in [3.63, 3.8) is 0 Å². The molecule has 1 aromatic heterocycles. The van der Waals surface area contributed by atoms with Gasteiger partial charge in [-0.1, -0.05) is 6.07 Å². The van der Waals surface area contributed by atoms with E-state index < -0.39 is 0 Å². The summed E-state index contributed by atoms with van der Waals surface area (Å²) in [5.74, 6) is 0.644. The molecule has 0 saturated heterocycles. The van der Waals surface area contributed by atoms with Crippen LogP contribution in [-0.2, 0) is 0 Å². The van der Waals surface area contributed by atoms with Crippen molar-refractivity contribution in [2.75, 3.05) is 19.5 Å². The van der Waals surface area contributed by atoms with Gasteiger partial charge in [-0.2, -0.15) is 0 Å². The van der Waals surface area contributed by atoms with Gasteiger partial charge in [-0.3, -0.25) is 0 Å². The minimum Gasteiger partial charge on any atom is -0.481 e. The molecule has 72 valence electrons. The molecule has 0 radical (unpaired) electrons. The third kappa shape index (κ3) is 1.48. The van der Waals surface area contributed by atoms with E-state index in [1.165, 1.54) is 0 Å². The summed E-state index contributed by atoms with van der Waals surface area (Å²) in [5.41, 5.74) is 1.09. The van der Waals surface area contributed by atoms with Crippen LogP contribution in [-0.4, -0.2) is 19.1 Å². The number of nitrogens with one attached hydrogen (secondary N) is 1. The lowest BCUT2D eigenvalue weighted by Crippen LogP contribution is -1.89. The largest absolute Gasteiger partial charge is 0.481 e. The van der Waals surface area contributed by atoms with E-state index in [-0.39, 0.29) is 0 Å². The summed E-state index contributed by atoms with van der Waals surface area (Å²) >= 11 is 0. The van der Waals surface area contributed by atoms with E-state index in [1.54, 1.807) is 7.11 Å². The van der Waals surface area contributed by atoms with Gasteiger partial charge in [-0.25, -0.2) is 4.98 Å². The summed E-state index contributed by atoms with van der Waals surface area (Å²) < 4.78 is 5.06. The summed E-state index contributed by atoms with van der Waals surface area (Å²) in [7, 11) is 3.52. The summed E-state index contributed by atoms with van der Waals surface area (Å²) in [6, 6.07) is 8.06. The smallest absolute Gasteiger partial charge is 0.213 e. The van der Waals surface area contributed by atoms with Gasteiger partial charge < -0.3 is 10.1 Å². The maximum atomic E-state index is 5.06. The van der Waals surface area contributed by atoms with Gasteiger partial charge in [-0.05, 0) is 17.5 Å². The lowest BCUT2D eigenvalue weighted by atomic mass is 10.1. The summed E-state index contributed by atoms with van der Waals surface area (Å²) in [6.07, 6.45) is 1.81. The van der Waals surface area contributed by atoms with Gasteiger partial charge in [0.05, 0.1) is 7.11 Å². The Bertz CT molecular complexity index is 415. The van der Waals surface area contributed by atoms with Crippen LogP contribution in [0.1, 0.15) is 0 Å². The average molecular weight is 188 g/mol. The normalized spacial score (nSPS) is 10.1. The number of nitrogens with zero attached hydrogens (tertiary/aromatic N) is 1. The Morgan fingerprint density at radius 3 is 2.79 bits per heavy atom. The first-order valence-corrected chi connectivity index (χ1v) is 4.45. The zero-order valence-electron chi connectivity index (χ0n) is 8.24. The molecule has 1 aromatic carbocycles. The number of fused-ring (bicyclic) bond motifs is 1. The van der Waals surface area contributed by atoms with Crippen LogP contribution in [0.2, 0.25) is 0 Å². The van der Waals surface area contributed by atoms with E-state index in [0.29, 0.717) is 5.88 Å². The van der Waals surface area contributed by atoms with Crippen LogP contribution in [0.15, 0.2) is 30.5 Å². The number of methoxy groups -OCH3 is 1. The molecule has 1 heterocycles. The Morgan fingerprint density at radius 1 is 1.21 bits per heavy atom. The molecule has 2 rings (SSSR count). The van der Waals surface area contributed by atoms with Crippen molar-refractivity contribution in [1.29, 1.82) is 0 Å². The SMILES string of the molecule is CNc1ccc2cnc(OC)cc2c1. The molecule has 0 bridgehead atoms. The van der Waals surface area contributed by atoms with Gasteiger partial charge >= 0.3 is 0 Å². The fourth-order valence-corrected chi connectivity index (χ4v) is 1.39. The van der Waals surface area contributed by atoms with E-state index in [0.717, 1.165) is 16.5 Å². The lowest BCUT2D eigenvalue weighted by Gasteiger charge is -2.04. The van der Waals surface area contributed by atoms with Crippen molar-refractivity contribution in [2.24, 2.45) is 0 Å². The van der Waals surface area contributed by atoms with Crippen LogP contribution >= 0.6 is 0 Å². The molecule has 0 spiro atoms. The van der Waals surface area contributed by atoms with E-state index in [9.17, 15) is 0 Å². The van der Waals surface area contributed by atoms with Crippen LogP contribution in [0.3, 0.4) is 0 Å². The van der Waals surface area contributed by atoms with Crippen molar-refractivity contribution >= 4 is 16.5 Å². The topological polar surface area (TPSA) is 34.2 Å². The van der Waals surface area contributed by atoms with Gasteiger partial charge in [0.1, 0.15) is 0 Å². The molecule has 0 saturated carbocycles. The molecule has 0 aliphatic heterocycles. The maximum absolute atomic E-state index is 5.06. The number of aromatic nitrogens is 1. The molecule has 0 aliphatic rings. The van der Waals surface area contributed by atoms with E-state index in [4.69, 9.17) is 4.74 Å². The highest BCUT2D eigenvalue weighted by Crippen LogP contribution is 2.21. The van der Waals surface area contributed by atoms with E-state index >= 15 is 0 Å². The number of pyridine rings is 1. The molecule has 3 nitrogen and oxygen atoms in total. The van der Waals surface area contributed by atoms with Crippen LogP contribution in [0.25, 0.3) is 10.8 Å². The van der Waals surface area contributed by atoms with Crippen molar-refractivity contribution in [3.8, 4) is 5.88 Å². The fourth-order valence-electron chi connectivity index (χ4n) is 1.39. The number of hydrogen-bond acceptors (Lipinski definition) is 3. The van der Waals surface area contributed by atoms with Gasteiger partial charge in [0.25, 0.3) is 0 Å². The predicted octanol–water partition coefficient (Wildman–Crippen LogP) is 2.29. The fraction of sp³-hybridized carbons (Fsp3) is 0.182. The average Bonchev–Trinajstić information content (AvgIpc) is 2.27. The molecule has 1 N–H and O–H groups in total. The van der Waals surface area contributed by atoms with Crippen LogP contribution < -0.4 is 10.1 Å². The van der Waals surface area contributed by atoms with Crippen LogP contribution in [0.5, 0.6) is 5.88 Å². The molecule has 14 heavy (non-hydrogen) atoms. The first kappa shape index (κ1) is 8.81. The van der Waals surface area contributed by atoms with E-state index in [1.807, 2.05) is 31.4 Å². The summed E-state index contributed by atoms with van der Waals surface area (Å²) in [6.45, 7) is 0. The molecule has 2 aromatic rings. The molecule has 0 amide bonds. The monoisotopic (exact) mass is 188 g/mol. The van der Waals surface area contributed by atoms with Gasteiger partial charge in [-0.15, -0.1) is 0 Å². The molecular weight excluding hydrogens is 176 g/mol. The summed E-state index contributed by atoms with van der Waals surface area (Å²) in [5, 5.41) is 5.34. The maximum Gasteiger partial charge on any atom is 0.213 e. The minimum atomic E-state index is 0.644. The quantitative estimate of drug-likeness (QED) is 0.785. The van der Waals surface area contributed by atoms with Gasteiger partial charge in [0.15, 0.2) is 0 Å². The lowest BCUT2D eigenvalue weighted by molar-refractivity contribution is 0.399. The Hall–Kier alpha value is -1.77. The van der Waals surface area contributed by atoms with Crippen molar-refractivity contribution in [2.45, 2.75) is 0 Å². The highest BCUT2D eigenvalue weighted by Gasteiger charge is 1.98. The van der Waals surface area contributed by atoms with Gasteiger partial charge in [0, 0.05) is 30.4 Å². The zero-order valence-corrected chi connectivity index (χ0v) is 8.24. The highest BCUT2D eigenvalue weighted by molar-refractivity contribution is 5.85. The minimum absolute atomic E-state index is 0.644. The number of anilines is 1. The molecule has 0 fully saturated rings. The second kappa shape index (κ2) is 3.54. The Balaban J connectivity index is 2.60. The molecular formula is C11H12N2O.